The fourth-order valence-electron chi connectivity index (χ4n) is 1.30. The second-order valence-corrected chi connectivity index (χ2v) is 3.82. The van der Waals surface area contributed by atoms with Crippen LogP contribution in [-0.4, -0.2) is 24.6 Å². The molecule has 0 amide bonds. The van der Waals surface area contributed by atoms with Gasteiger partial charge in [-0.05, 0) is 29.0 Å². The van der Waals surface area contributed by atoms with E-state index in [2.05, 4.69) is 38.3 Å². The molecule has 56 valence electrons. The Balaban J connectivity index is 2.18. The van der Waals surface area contributed by atoms with Crippen molar-refractivity contribution >= 4 is 22.6 Å². The average Bonchev–Trinajstić information content (AvgIpc) is 2.34. The number of halogens is 1. The molecule has 2 rings (SSSR count). The monoisotopic (exact) mass is 251 g/mol. The Hall–Kier alpha value is 0.0300. The summed E-state index contributed by atoms with van der Waals surface area (Å²) in [5, 5.41) is 5.57. The van der Waals surface area contributed by atoms with Gasteiger partial charge < -0.3 is 5.32 Å². The summed E-state index contributed by atoms with van der Waals surface area (Å²) in [5.74, 6) is 1.30. The lowest BCUT2D eigenvalue weighted by Crippen LogP contribution is -2.42. The Morgan fingerprint density at radius 1 is 1.50 bits per heavy atom. The first-order valence-electron chi connectivity index (χ1n) is 3.51. The van der Waals surface area contributed by atoms with Crippen molar-refractivity contribution in [2.24, 2.45) is 0 Å². The van der Waals surface area contributed by atoms with Crippen molar-refractivity contribution in [3.63, 3.8) is 0 Å². The molecule has 4 heteroatoms. The first-order chi connectivity index (χ1) is 4.88. The van der Waals surface area contributed by atoms with Gasteiger partial charge in [0.05, 0.1) is 0 Å². The minimum atomic E-state index is 1.00. The maximum atomic E-state index is 3.37. The van der Waals surface area contributed by atoms with Gasteiger partial charge in [0.15, 0.2) is 0 Å². The van der Waals surface area contributed by atoms with Crippen LogP contribution in [0.1, 0.15) is 6.42 Å². The third-order valence-electron chi connectivity index (χ3n) is 1.80. The highest BCUT2D eigenvalue weighted by Crippen LogP contribution is 2.20. The predicted molar refractivity (Wildman–Crippen MR) is 48.4 cm³/mol. The Bertz CT molecular complexity index is 178. The molecule has 2 N–H and O–H groups in total. The van der Waals surface area contributed by atoms with Crippen molar-refractivity contribution < 1.29 is 0 Å². The first kappa shape index (κ1) is 6.72. The van der Waals surface area contributed by atoms with Gasteiger partial charge in [-0.3, -0.25) is 5.01 Å². The molecule has 2 aliphatic rings. The highest BCUT2D eigenvalue weighted by molar-refractivity contribution is 14.1. The molecule has 1 fully saturated rings. The van der Waals surface area contributed by atoms with E-state index in [-0.39, 0.29) is 0 Å². The predicted octanol–water partition coefficient (Wildman–Crippen LogP) is 0.404. The van der Waals surface area contributed by atoms with E-state index in [1.165, 1.54) is 15.8 Å². The minimum Gasteiger partial charge on any atom is -0.370 e. The highest BCUT2D eigenvalue weighted by Gasteiger charge is 2.22. The fraction of sp³-hybridized carbons (Fsp3) is 0.667. The van der Waals surface area contributed by atoms with Crippen molar-refractivity contribution in [3.05, 3.63) is 9.40 Å². The van der Waals surface area contributed by atoms with Crippen molar-refractivity contribution in [3.8, 4) is 0 Å². The third-order valence-corrected chi connectivity index (χ3v) is 2.70. The number of hydrogen-bond acceptors (Lipinski definition) is 3. The Morgan fingerprint density at radius 2 is 2.40 bits per heavy atom. The third kappa shape index (κ3) is 0.989. The lowest BCUT2D eigenvalue weighted by Gasteiger charge is -2.27. The molecule has 0 aliphatic carbocycles. The van der Waals surface area contributed by atoms with Crippen molar-refractivity contribution in [1.82, 2.24) is 15.8 Å². The Labute approximate surface area is 74.0 Å². The molecule has 0 saturated carbocycles. The molecule has 0 aromatic rings. The van der Waals surface area contributed by atoms with Crippen LogP contribution in [0.5, 0.6) is 0 Å². The van der Waals surface area contributed by atoms with Crippen LogP contribution in [0, 0.1) is 0 Å². The zero-order chi connectivity index (χ0) is 6.97. The molecule has 10 heavy (non-hydrogen) atoms. The fourth-order valence-corrected chi connectivity index (χ4v) is 1.95. The van der Waals surface area contributed by atoms with Crippen LogP contribution < -0.4 is 10.7 Å². The molecular formula is C6H10IN3. The highest BCUT2D eigenvalue weighted by atomic mass is 127. The van der Waals surface area contributed by atoms with Crippen LogP contribution >= 0.6 is 22.6 Å². The molecule has 0 unspecified atom stereocenters. The van der Waals surface area contributed by atoms with Crippen LogP contribution in [0.15, 0.2) is 9.40 Å². The molecule has 0 radical (unpaired) electrons. The summed E-state index contributed by atoms with van der Waals surface area (Å²) < 4.78 is 1.40. The number of hydrogen-bond donors (Lipinski definition) is 2. The smallest absolute Gasteiger partial charge is 0.127 e. The summed E-state index contributed by atoms with van der Waals surface area (Å²) in [5.41, 5.74) is 3.30. The van der Waals surface area contributed by atoms with Gasteiger partial charge in [0.2, 0.25) is 0 Å². The maximum absolute atomic E-state index is 3.37. The minimum absolute atomic E-state index is 1.00. The molecule has 0 aromatic carbocycles. The quantitative estimate of drug-likeness (QED) is 0.610. The summed E-state index contributed by atoms with van der Waals surface area (Å²) in [4.78, 5) is 0. The second kappa shape index (κ2) is 2.58. The van der Waals surface area contributed by atoms with Crippen molar-refractivity contribution in [2.75, 3.05) is 19.6 Å². The number of rotatable bonds is 0. The van der Waals surface area contributed by atoms with E-state index in [1.54, 1.807) is 0 Å². The van der Waals surface area contributed by atoms with E-state index in [0.29, 0.717) is 0 Å². The zero-order valence-corrected chi connectivity index (χ0v) is 7.81. The van der Waals surface area contributed by atoms with E-state index in [9.17, 15) is 0 Å². The summed E-state index contributed by atoms with van der Waals surface area (Å²) in [6, 6.07) is 0. The summed E-state index contributed by atoms with van der Waals surface area (Å²) in [7, 11) is 0. The summed E-state index contributed by atoms with van der Waals surface area (Å²) in [6.07, 6.45) is 1.24. The van der Waals surface area contributed by atoms with Crippen LogP contribution in [0.2, 0.25) is 0 Å². The van der Waals surface area contributed by atoms with Crippen molar-refractivity contribution in [2.45, 2.75) is 6.42 Å². The molecule has 2 aliphatic heterocycles. The number of fused-ring (bicyclic) bond motifs is 1. The number of nitrogens with zero attached hydrogens (tertiary/aromatic N) is 1. The SMILES string of the molecule is IC1=C2NCCCN2NC1. The van der Waals surface area contributed by atoms with Crippen molar-refractivity contribution in [1.29, 1.82) is 0 Å². The molecule has 2 heterocycles. The van der Waals surface area contributed by atoms with Gasteiger partial charge in [-0.2, -0.15) is 0 Å². The molecule has 3 nitrogen and oxygen atoms in total. The van der Waals surface area contributed by atoms with E-state index in [4.69, 9.17) is 0 Å². The van der Waals surface area contributed by atoms with Gasteiger partial charge in [0.25, 0.3) is 0 Å². The topological polar surface area (TPSA) is 27.3 Å². The maximum Gasteiger partial charge on any atom is 0.127 e. The zero-order valence-electron chi connectivity index (χ0n) is 5.65. The van der Waals surface area contributed by atoms with Crippen LogP contribution in [-0.2, 0) is 0 Å². The number of nitrogens with one attached hydrogen (secondary N) is 2. The molecule has 1 saturated heterocycles. The van der Waals surface area contributed by atoms with Gasteiger partial charge in [0, 0.05) is 23.2 Å². The van der Waals surface area contributed by atoms with Crippen LogP contribution in [0.4, 0.5) is 0 Å². The van der Waals surface area contributed by atoms with Crippen LogP contribution in [0.25, 0.3) is 0 Å². The summed E-state index contributed by atoms with van der Waals surface area (Å²) in [6.45, 7) is 3.28. The standard InChI is InChI=1S/C6H10IN3/c7-5-4-9-10-3-1-2-8-6(5)10/h8-9H,1-4H2. The number of hydrazine groups is 1. The van der Waals surface area contributed by atoms with Gasteiger partial charge in [-0.25, -0.2) is 5.43 Å². The summed E-state index contributed by atoms with van der Waals surface area (Å²) >= 11 is 2.38. The van der Waals surface area contributed by atoms with Gasteiger partial charge in [0.1, 0.15) is 5.82 Å². The van der Waals surface area contributed by atoms with Crippen LogP contribution in [0.3, 0.4) is 0 Å². The van der Waals surface area contributed by atoms with E-state index < -0.39 is 0 Å². The Morgan fingerprint density at radius 3 is 3.20 bits per heavy atom. The molecule has 0 bridgehead atoms. The van der Waals surface area contributed by atoms with E-state index in [0.717, 1.165) is 19.6 Å². The van der Waals surface area contributed by atoms with E-state index in [1.807, 2.05) is 0 Å². The lowest BCUT2D eigenvalue weighted by molar-refractivity contribution is 0.234. The lowest BCUT2D eigenvalue weighted by atomic mass is 10.3. The second-order valence-electron chi connectivity index (χ2n) is 2.52. The largest absolute Gasteiger partial charge is 0.370 e. The molecule has 0 aromatic heterocycles. The van der Waals surface area contributed by atoms with Gasteiger partial charge >= 0.3 is 0 Å². The van der Waals surface area contributed by atoms with Gasteiger partial charge in [-0.1, -0.05) is 0 Å². The molecule has 0 spiro atoms. The van der Waals surface area contributed by atoms with E-state index >= 15 is 0 Å². The molecular weight excluding hydrogens is 241 g/mol. The Kier molecular flexibility index (Phi) is 1.73. The first-order valence-corrected chi connectivity index (χ1v) is 4.59. The normalized spacial score (nSPS) is 24.7. The average molecular weight is 251 g/mol. The molecule has 0 atom stereocenters. The van der Waals surface area contributed by atoms with Gasteiger partial charge in [-0.15, -0.1) is 0 Å².